The van der Waals surface area contributed by atoms with E-state index < -0.39 is 29.2 Å². The molecule has 0 fully saturated rings. The van der Waals surface area contributed by atoms with E-state index >= 15 is 0 Å². The highest BCUT2D eigenvalue weighted by atomic mass is 32.2. The third kappa shape index (κ3) is 3.73. The van der Waals surface area contributed by atoms with Crippen molar-refractivity contribution >= 4 is 36.1 Å². The summed E-state index contributed by atoms with van der Waals surface area (Å²) in [5, 5.41) is 0.639. The van der Waals surface area contributed by atoms with Crippen LogP contribution in [0.3, 0.4) is 0 Å². The number of carbonyl (C=O) groups excluding carboxylic acids is 1. The molecule has 0 radical (unpaired) electrons. The van der Waals surface area contributed by atoms with E-state index in [2.05, 4.69) is 10.3 Å². The van der Waals surface area contributed by atoms with Gasteiger partial charge in [-0.15, -0.1) is 0 Å². The summed E-state index contributed by atoms with van der Waals surface area (Å²) in [6.07, 6.45) is -4.65. The van der Waals surface area contributed by atoms with E-state index in [1.807, 2.05) is 0 Å². The van der Waals surface area contributed by atoms with Crippen LogP contribution in [0.15, 0.2) is 23.2 Å². The second-order valence-corrected chi connectivity index (χ2v) is 5.94. The van der Waals surface area contributed by atoms with Gasteiger partial charge in [0.25, 0.3) is 0 Å². The normalized spacial score (nSPS) is 21.5. The zero-order valence-electron chi connectivity index (χ0n) is 11.4. The van der Waals surface area contributed by atoms with Crippen LogP contribution in [0.2, 0.25) is 0 Å². The van der Waals surface area contributed by atoms with Crippen molar-refractivity contribution in [3.8, 4) is 0 Å². The minimum atomic E-state index is -4.65. The highest BCUT2D eigenvalue weighted by Gasteiger charge is 2.51. The van der Waals surface area contributed by atoms with Crippen molar-refractivity contribution in [1.29, 1.82) is 0 Å². The summed E-state index contributed by atoms with van der Waals surface area (Å²) in [7, 11) is 1.71. The molecule has 0 saturated heterocycles. The maximum Gasteiger partial charge on any atom is 0.412 e. The summed E-state index contributed by atoms with van der Waals surface area (Å²) >= 11 is 0.573. The Morgan fingerprint density at radius 2 is 2.14 bits per heavy atom. The Morgan fingerprint density at radius 1 is 1.45 bits per heavy atom. The van der Waals surface area contributed by atoms with Crippen molar-refractivity contribution in [2.45, 2.75) is 24.0 Å². The molecule has 1 amide bonds. The smallest absolute Gasteiger partial charge is 0.379 e. The number of carbonyl (C=O) groups is 1. The fourth-order valence-corrected chi connectivity index (χ4v) is 2.95. The van der Waals surface area contributed by atoms with Crippen molar-refractivity contribution in [3.05, 3.63) is 29.6 Å². The minimum Gasteiger partial charge on any atom is -0.379 e. The standard InChI is InChI=1S/C12H12BF4N3OS/c13-7-2-1-6(14)3-5(7)4-19-10(21)8-9(12(15,16)17)20-11(18)22-8/h1-3,8-9H,4,13H2,(H2,18,20)(H,19,21). The molecule has 1 aliphatic heterocycles. The molecular weight excluding hydrogens is 321 g/mol. The lowest BCUT2D eigenvalue weighted by atomic mass is 9.90. The van der Waals surface area contributed by atoms with Gasteiger partial charge in [-0.05, 0) is 17.7 Å². The highest BCUT2D eigenvalue weighted by molar-refractivity contribution is 8.15. The number of nitrogens with two attached hydrogens (primary N) is 1. The average Bonchev–Trinajstić information content (AvgIpc) is 2.82. The maximum absolute atomic E-state index is 13.1. The number of aliphatic imine (C=N–C) groups is 1. The molecule has 22 heavy (non-hydrogen) atoms. The molecule has 10 heteroatoms. The van der Waals surface area contributed by atoms with E-state index in [1.54, 1.807) is 7.85 Å². The second kappa shape index (κ2) is 6.19. The summed E-state index contributed by atoms with van der Waals surface area (Å²) in [5.41, 5.74) is 6.50. The highest BCUT2D eigenvalue weighted by Crippen LogP contribution is 2.36. The molecule has 1 aromatic rings. The quantitative estimate of drug-likeness (QED) is 0.607. The van der Waals surface area contributed by atoms with Crippen LogP contribution in [-0.4, -0.2) is 36.4 Å². The van der Waals surface area contributed by atoms with Crippen LogP contribution in [-0.2, 0) is 11.3 Å². The molecule has 1 heterocycles. The van der Waals surface area contributed by atoms with Gasteiger partial charge in [-0.25, -0.2) is 9.38 Å². The molecule has 2 unspecified atom stereocenters. The van der Waals surface area contributed by atoms with E-state index in [1.165, 1.54) is 18.2 Å². The number of hydrogen-bond donors (Lipinski definition) is 2. The number of thioether (sulfide) groups is 1. The summed E-state index contributed by atoms with van der Waals surface area (Å²) in [6.45, 7) is -0.0655. The molecule has 1 aromatic carbocycles. The topological polar surface area (TPSA) is 67.5 Å². The van der Waals surface area contributed by atoms with Gasteiger partial charge < -0.3 is 11.1 Å². The van der Waals surface area contributed by atoms with Gasteiger partial charge in [0.2, 0.25) is 5.91 Å². The molecule has 4 nitrogen and oxygen atoms in total. The van der Waals surface area contributed by atoms with Gasteiger partial charge >= 0.3 is 6.18 Å². The van der Waals surface area contributed by atoms with Crippen LogP contribution in [0.1, 0.15) is 5.56 Å². The third-order valence-corrected chi connectivity index (χ3v) is 4.23. The molecule has 3 N–H and O–H groups in total. The zero-order valence-corrected chi connectivity index (χ0v) is 12.3. The van der Waals surface area contributed by atoms with Crippen LogP contribution in [0.25, 0.3) is 0 Å². The largest absolute Gasteiger partial charge is 0.412 e. The monoisotopic (exact) mass is 333 g/mol. The summed E-state index contributed by atoms with van der Waals surface area (Å²) in [5.74, 6) is -1.31. The first-order valence-electron chi connectivity index (χ1n) is 6.28. The maximum atomic E-state index is 13.1. The lowest BCUT2D eigenvalue weighted by Gasteiger charge is -2.19. The Labute approximate surface area is 128 Å². The van der Waals surface area contributed by atoms with Gasteiger partial charge in [-0.1, -0.05) is 23.3 Å². The Hall–Kier alpha value is -1.71. The van der Waals surface area contributed by atoms with E-state index in [4.69, 9.17) is 5.73 Å². The van der Waals surface area contributed by atoms with Gasteiger partial charge in [-0.3, -0.25) is 4.79 Å². The summed E-state index contributed by atoms with van der Waals surface area (Å²) < 4.78 is 51.6. The minimum absolute atomic E-state index is 0.0655. The fraction of sp³-hybridized carbons (Fsp3) is 0.333. The lowest BCUT2D eigenvalue weighted by Crippen LogP contribution is -2.44. The molecule has 0 bridgehead atoms. The van der Waals surface area contributed by atoms with Gasteiger partial charge in [0, 0.05) is 6.54 Å². The number of amides is 1. The van der Waals surface area contributed by atoms with Crippen molar-refractivity contribution in [1.82, 2.24) is 5.32 Å². The molecule has 1 aliphatic rings. The number of nitrogens with one attached hydrogen (secondary N) is 1. The van der Waals surface area contributed by atoms with Gasteiger partial charge in [0.1, 0.15) is 18.9 Å². The SMILES string of the molecule is Bc1ccc(F)cc1CNC(=O)C1SC(N)=NC1C(F)(F)F. The Balaban J connectivity index is 2.05. The number of hydrogen-bond acceptors (Lipinski definition) is 4. The molecule has 0 saturated carbocycles. The first-order valence-corrected chi connectivity index (χ1v) is 7.16. The molecule has 0 aliphatic carbocycles. The van der Waals surface area contributed by atoms with Gasteiger partial charge in [-0.2, -0.15) is 13.2 Å². The summed E-state index contributed by atoms with van der Waals surface area (Å²) in [4.78, 5) is 15.2. The summed E-state index contributed by atoms with van der Waals surface area (Å²) in [6, 6.07) is 1.86. The van der Waals surface area contributed by atoms with Crippen LogP contribution in [0.5, 0.6) is 0 Å². The van der Waals surface area contributed by atoms with Crippen LogP contribution >= 0.6 is 11.8 Å². The van der Waals surface area contributed by atoms with Crippen molar-refractivity contribution < 1.29 is 22.4 Å². The average molecular weight is 333 g/mol. The number of amidine groups is 1. The molecular formula is C12H12BF4N3OS. The molecule has 2 rings (SSSR count). The van der Waals surface area contributed by atoms with Crippen molar-refractivity contribution in [3.63, 3.8) is 0 Å². The Bertz CT molecular complexity index is 623. The van der Waals surface area contributed by atoms with Crippen LogP contribution < -0.4 is 16.5 Å². The number of nitrogens with zero attached hydrogens (tertiary/aromatic N) is 1. The molecule has 2 atom stereocenters. The fourth-order valence-electron chi connectivity index (χ4n) is 1.98. The number of benzene rings is 1. The predicted octanol–water partition coefficient (Wildman–Crippen LogP) is 0.0613. The van der Waals surface area contributed by atoms with E-state index in [9.17, 15) is 22.4 Å². The first kappa shape index (κ1) is 16.7. The Morgan fingerprint density at radius 3 is 2.77 bits per heavy atom. The van der Waals surface area contributed by atoms with Gasteiger partial charge in [0.05, 0.1) is 0 Å². The predicted molar refractivity (Wildman–Crippen MR) is 79.3 cm³/mol. The number of rotatable bonds is 3. The first-order chi connectivity index (χ1) is 10.2. The Kier molecular flexibility index (Phi) is 4.69. The van der Waals surface area contributed by atoms with Gasteiger partial charge in [0.15, 0.2) is 11.2 Å². The lowest BCUT2D eigenvalue weighted by molar-refractivity contribution is -0.151. The van der Waals surface area contributed by atoms with Crippen molar-refractivity contribution in [2.75, 3.05) is 0 Å². The van der Waals surface area contributed by atoms with Crippen LogP contribution in [0.4, 0.5) is 17.6 Å². The third-order valence-electron chi connectivity index (χ3n) is 3.16. The van der Waals surface area contributed by atoms with E-state index in [0.29, 0.717) is 17.3 Å². The molecule has 0 aromatic heterocycles. The molecule has 118 valence electrons. The van der Waals surface area contributed by atoms with Crippen molar-refractivity contribution in [2.24, 2.45) is 10.7 Å². The molecule has 0 spiro atoms. The second-order valence-electron chi connectivity index (χ2n) is 4.78. The van der Waals surface area contributed by atoms with Crippen LogP contribution in [0, 0.1) is 5.82 Å². The van der Waals surface area contributed by atoms with E-state index in [0.717, 1.165) is 5.46 Å². The number of halogens is 4. The zero-order chi connectivity index (χ0) is 16.5. The van der Waals surface area contributed by atoms with E-state index in [-0.39, 0.29) is 11.7 Å². The number of alkyl halides is 3.